The Bertz CT molecular complexity index is 809. The predicted octanol–water partition coefficient (Wildman–Crippen LogP) is 3.60. The Kier molecular flexibility index (Phi) is 3.88. The Hall–Kier alpha value is -2.00. The van der Waals surface area contributed by atoms with Crippen molar-refractivity contribution in [3.05, 3.63) is 33.2 Å². The number of nitrogens with zero attached hydrogens (tertiary/aromatic N) is 2. The normalized spacial score (nSPS) is 32.9. The number of carbonyl (C=O) groups is 1. The average molecular weight is 387 g/mol. The van der Waals surface area contributed by atoms with E-state index in [0.717, 1.165) is 24.1 Å². The summed E-state index contributed by atoms with van der Waals surface area (Å²) in [6, 6.07) is 2.08. The van der Waals surface area contributed by atoms with Crippen LogP contribution >= 0.6 is 15.9 Å². The van der Waals surface area contributed by atoms with E-state index in [4.69, 9.17) is 5.41 Å². The fourth-order valence-corrected chi connectivity index (χ4v) is 4.51. The van der Waals surface area contributed by atoms with Crippen LogP contribution in [0, 0.1) is 33.5 Å². The second kappa shape index (κ2) is 5.52. The first-order valence-corrected chi connectivity index (χ1v) is 8.67. The topological polar surface area (TPSA) is 89.1 Å². The van der Waals surface area contributed by atoms with Crippen LogP contribution in [0.1, 0.15) is 33.6 Å². The monoisotopic (exact) mass is 386 g/mol. The molecular weight excluding hydrogens is 368 g/mol. The van der Waals surface area contributed by atoms with Crippen LogP contribution in [0.25, 0.3) is 0 Å². The summed E-state index contributed by atoms with van der Waals surface area (Å²) in [5.74, 6) is 0.608. The number of allylic oxidation sites excluding steroid dienone is 4. The van der Waals surface area contributed by atoms with Gasteiger partial charge in [-0.3, -0.25) is 4.79 Å². The van der Waals surface area contributed by atoms with Gasteiger partial charge in [0.2, 0.25) is 0 Å². The second-order valence-electron chi connectivity index (χ2n) is 7.22. The first-order chi connectivity index (χ1) is 11.3. The molecule has 0 aromatic rings. The van der Waals surface area contributed by atoms with Crippen LogP contribution in [-0.2, 0) is 4.79 Å². The molecule has 3 aliphatic rings. The van der Waals surface area contributed by atoms with Crippen LogP contribution in [0.5, 0.6) is 0 Å². The lowest BCUT2D eigenvalue weighted by Gasteiger charge is -2.52. The maximum absolute atomic E-state index is 12.7. The van der Waals surface area contributed by atoms with Crippen LogP contribution in [-0.4, -0.2) is 18.2 Å². The van der Waals surface area contributed by atoms with E-state index in [1.54, 1.807) is 0 Å². The van der Waals surface area contributed by atoms with Crippen LogP contribution in [0.3, 0.4) is 0 Å². The first-order valence-electron chi connectivity index (χ1n) is 7.88. The van der Waals surface area contributed by atoms with E-state index < -0.39 is 10.8 Å². The molecule has 2 unspecified atom stereocenters. The van der Waals surface area contributed by atoms with Gasteiger partial charge in [0.05, 0.1) is 10.1 Å². The molecule has 0 bridgehead atoms. The van der Waals surface area contributed by atoms with Crippen LogP contribution < -0.4 is 5.32 Å². The van der Waals surface area contributed by atoms with Crippen molar-refractivity contribution in [2.24, 2.45) is 21.7 Å². The predicted molar refractivity (Wildman–Crippen MR) is 96.7 cm³/mol. The molecule has 0 radical (unpaired) electrons. The van der Waals surface area contributed by atoms with Gasteiger partial charge in [-0.25, -0.2) is 4.99 Å². The van der Waals surface area contributed by atoms with Gasteiger partial charge in [-0.1, -0.05) is 26.8 Å². The Labute approximate surface area is 149 Å². The van der Waals surface area contributed by atoms with Crippen LogP contribution in [0.15, 0.2) is 38.2 Å². The number of aliphatic imine (C=N–C) groups is 1. The van der Waals surface area contributed by atoms with E-state index in [2.05, 4.69) is 39.2 Å². The third-order valence-electron chi connectivity index (χ3n) is 5.50. The molecule has 2 atom stereocenters. The zero-order valence-electron chi connectivity index (χ0n) is 13.9. The lowest BCUT2D eigenvalue weighted by Crippen LogP contribution is -2.51. The molecule has 2 aliphatic carbocycles. The summed E-state index contributed by atoms with van der Waals surface area (Å²) in [5.41, 5.74) is 1.28. The minimum atomic E-state index is -0.591. The van der Waals surface area contributed by atoms with Gasteiger partial charge in [0, 0.05) is 29.0 Å². The van der Waals surface area contributed by atoms with Gasteiger partial charge in [0.25, 0.3) is 0 Å². The molecular formula is C18H19BrN4O. The number of hydrogen-bond acceptors (Lipinski definition) is 5. The Morgan fingerprint density at radius 2 is 2.25 bits per heavy atom. The van der Waals surface area contributed by atoms with Gasteiger partial charge in [0.15, 0.2) is 5.78 Å². The lowest BCUT2D eigenvalue weighted by molar-refractivity contribution is -0.129. The highest BCUT2D eigenvalue weighted by Gasteiger charge is 2.55. The van der Waals surface area contributed by atoms with Crippen LogP contribution in [0.4, 0.5) is 0 Å². The van der Waals surface area contributed by atoms with Gasteiger partial charge in [0.1, 0.15) is 11.9 Å². The summed E-state index contributed by atoms with van der Waals surface area (Å²) in [5, 5.41) is 20.2. The molecule has 0 aromatic carbocycles. The number of halogens is 1. The molecule has 2 N–H and O–H groups in total. The van der Waals surface area contributed by atoms with Gasteiger partial charge in [-0.15, -0.1) is 0 Å². The van der Waals surface area contributed by atoms with E-state index in [1.807, 2.05) is 26.1 Å². The van der Waals surface area contributed by atoms with Gasteiger partial charge in [-0.2, -0.15) is 5.26 Å². The number of rotatable bonds is 1. The second-order valence-corrected chi connectivity index (χ2v) is 8.07. The van der Waals surface area contributed by atoms with E-state index in [-0.39, 0.29) is 17.3 Å². The molecule has 3 rings (SSSR count). The molecule has 0 saturated heterocycles. The summed E-state index contributed by atoms with van der Waals surface area (Å²) < 4.78 is 0.562. The van der Waals surface area contributed by atoms with E-state index in [9.17, 15) is 10.1 Å². The third kappa shape index (κ3) is 2.22. The summed E-state index contributed by atoms with van der Waals surface area (Å²) in [6.07, 6.45) is 6.56. The lowest BCUT2D eigenvalue weighted by atomic mass is 9.52. The fourth-order valence-electron chi connectivity index (χ4n) is 4.31. The van der Waals surface area contributed by atoms with Gasteiger partial charge in [-0.05, 0) is 40.3 Å². The van der Waals surface area contributed by atoms with Crippen LogP contribution in [0.2, 0.25) is 0 Å². The van der Waals surface area contributed by atoms with Crippen molar-refractivity contribution >= 4 is 34.1 Å². The summed E-state index contributed by atoms with van der Waals surface area (Å²) in [4.78, 5) is 17.0. The first kappa shape index (κ1) is 16.8. The van der Waals surface area contributed by atoms with Crippen molar-refractivity contribution in [2.45, 2.75) is 33.6 Å². The Morgan fingerprint density at radius 1 is 1.54 bits per heavy atom. The third-order valence-corrected chi connectivity index (χ3v) is 6.10. The standard InChI is InChI=1S/C18H19BrN4O/c1-17(2)13-5-4-10-9-22-16(12(19)8-21)23-14(10)18(13,3)6-11(7-20)15(17)24/h6,8-9,13,21,23H,4-5H2,1-3H3/b16-12+,21-8?. The van der Waals surface area contributed by atoms with Crippen molar-refractivity contribution in [1.82, 2.24) is 5.32 Å². The minimum Gasteiger partial charge on any atom is -0.342 e. The smallest absolute Gasteiger partial charge is 0.178 e. The fraction of sp³-hybridized carbons (Fsp3) is 0.444. The molecule has 5 nitrogen and oxygen atoms in total. The van der Waals surface area contributed by atoms with Crippen molar-refractivity contribution < 1.29 is 4.79 Å². The number of carbonyl (C=O) groups excluding carboxylic acids is 1. The molecule has 6 heteroatoms. The molecule has 24 heavy (non-hydrogen) atoms. The van der Waals surface area contributed by atoms with E-state index in [0.29, 0.717) is 10.3 Å². The highest BCUT2D eigenvalue weighted by atomic mass is 79.9. The maximum atomic E-state index is 12.7. The number of Topliss-reactive ketones (excluding diaryl/α,β-unsaturated/α-hetero) is 1. The highest BCUT2D eigenvalue weighted by molar-refractivity contribution is 9.12. The largest absolute Gasteiger partial charge is 0.342 e. The zero-order valence-corrected chi connectivity index (χ0v) is 15.5. The maximum Gasteiger partial charge on any atom is 0.178 e. The van der Waals surface area contributed by atoms with E-state index in [1.165, 1.54) is 6.21 Å². The number of ketones is 1. The highest BCUT2D eigenvalue weighted by Crippen LogP contribution is 2.56. The molecule has 0 spiro atoms. The molecule has 0 aromatic heterocycles. The summed E-state index contributed by atoms with van der Waals surface area (Å²) in [7, 11) is 0. The number of nitrogens with one attached hydrogen (secondary N) is 2. The van der Waals surface area contributed by atoms with Crippen molar-refractivity contribution in [1.29, 1.82) is 10.7 Å². The quantitative estimate of drug-likeness (QED) is 0.674. The molecule has 0 amide bonds. The molecule has 1 aliphatic heterocycles. The summed E-state index contributed by atoms with van der Waals surface area (Å²) in [6.45, 7) is 5.96. The number of hydrogen-bond donors (Lipinski definition) is 2. The van der Waals surface area contributed by atoms with Crippen molar-refractivity contribution in [3.63, 3.8) is 0 Å². The molecule has 0 fully saturated rings. The minimum absolute atomic E-state index is 0.0718. The molecule has 1 heterocycles. The number of nitriles is 1. The molecule has 0 saturated carbocycles. The molecule has 124 valence electrons. The van der Waals surface area contributed by atoms with Crippen molar-refractivity contribution in [3.8, 4) is 6.07 Å². The average Bonchev–Trinajstić information content (AvgIpc) is 2.57. The van der Waals surface area contributed by atoms with Crippen molar-refractivity contribution in [2.75, 3.05) is 0 Å². The Morgan fingerprint density at radius 3 is 2.88 bits per heavy atom. The van der Waals surface area contributed by atoms with Gasteiger partial charge < -0.3 is 10.7 Å². The number of fused-ring (bicyclic) bond motifs is 2. The Balaban J connectivity index is 2.19. The summed E-state index contributed by atoms with van der Waals surface area (Å²) >= 11 is 3.33. The van der Waals surface area contributed by atoms with Gasteiger partial charge >= 0.3 is 0 Å². The SMILES string of the molecule is CC1(C)C(=O)C(C#N)=CC2(C)C3=C(C=N/C(=C(\Br)C=N)N3)CCC12. The van der Waals surface area contributed by atoms with E-state index >= 15 is 0 Å². The zero-order chi connectivity index (χ0) is 17.7.